The predicted octanol–water partition coefficient (Wildman–Crippen LogP) is 2.30. The molecule has 0 aromatic heterocycles. The Kier molecular flexibility index (Phi) is 4.61. The summed E-state index contributed by atoms with van der Waals surface area (Å²) in [6.45, 7) is 11.5. The van der Waals surface area contributed by atoms with Gasteiger partial charge >= 0.3 is 6.09 Å². The van der Waals surface area contributed by atoms with Crippen LogP contribution in [0.1, 0.15) is 47.0 Å². The topological polar surface area (TPSA) is 49.9 Å². The van der Waals surface area contributed by atoms with Crippen LogP contribution >= 0.6 is 0 Å². The number of Topliss-reactive ketones (excluding diaryl/α,β-unsaturated/α-hetero) is 1. The van der Waals surface area contributed by atoms with E-state index in [-0.39, 0.29) is 11.5 Å². The van der Waals surface area contributed by atoms with E-state index in [0.29, 0.717) is 18.9 Å². The van der Waals surface area contributed by atoms with Crippen LogP contribution in [-0.2, 0) is 9.53 Å². The molecule has 1 saturated heterocycles. The minimum absolute atomic E-state index is 0.0116. The fraction of sp³-hybridized carbons (Fsp3) is 0.875. The van der Waals surface area contributed by atoms with Gasteiger partial charge in [-0.15, -0.1) is 0 Å². The SMILES string of the molecule is CC(=O)C1(CCN2CCN(C(=O)OC(C)(C)C)CC2)CC1. The van der Waals surface area contributed by atoms with Gasteiger partial charge in [0.05, 0.1) is 0 Å². The van der Waals surface area contributed by atoms with Gasteiger partial charge in [-0.3, -0.25) is 9.69 Å². The van der Waals surface area contributed by atoms with E-state index in [1.54, 1.807) is 11.8 Å². The summed E-state index contributed by atoms with van der Waals surface area (Å²) in [6, 6.07) is 0. The number of nitrogens with zero attached hydrogens (tertiary/aromatic N) is 2. The van der Waals surface area contributed by atoms with Crippen molar-refractivity contribution in [3.8, 4) is 0 Å². The summed E-state index contributed by atoms with van der Waals surface area (Å²) in [5.41, 5.74) is -0.448. The van der Waals surface area contributed by atoms with Gasteiger partial charge in [0.1, 0.15) is 11.4 Å². The summed E-state index contributed by atoms with van der Waals surface area (Å²) in [4.78, 5) is 27.7. The first-order chi connectivity index (χ1) is 9.72. The van der Waals surface area contributed by atoms with Crippen molar-refractivity contribution >= 4 is 11.9 Å². The molecule has 1 aliphatic carbocycles. The van der Waals surface area contributed by atoms with Crippen molar-refractivity contribution in [2.24, 2.45) is 5.41 Å². The molecule has 0 atom stereocenters. The molecular formula is C16H28N2O3. The Morgan fingerprint density at radius 3 is 2.10 bits per heavy atom. The van der Waals surface area contributed by atoms with E-state index in [1.165, 1.54) is 0 Å². The summed E-state index contributed by atoms with van der Waals surface area (Å²) in [5.74, 6) is 0.342. The van der Waals surface area contributed by atoms with E-state index in [4.69, 9.17) is 4.74 Å². The van der Waals surface area contributed by atoms with Crippen molar-refractivity contribution in [1.82, 2.24) is 9.80 Å². The Labute approximate surface area is 127 Å². The van der Waals surface area contributed by atoms with Crippen LogP contribution in [0.25, 0.3) is 0 Å². The van der Waals surface area contributed by atoms with Crippen LogP contribution in [0.3, 0.4) is 0 Å². The first-order valence-electron chi connectivity index (χ1n) is 7.93. The van der Waals surface area contributed by atoms with Gasteiger partial charge in [0.2, 0.25) is 0 Å². The number of carbonyl (C=O) groups excluding carboxylic acids is 2. The predicted molar refractivity (Wildman–Crippen MR) is 81.2 cm³/mol. The average Bonchev–Trinajstić information content (AvgIpc) is 3.16. The van der Waals surface area contributed by atoms with Crippen LogP contribution in [0.15, 0.2) is 0 Å². The highest BCUT2D eigenvalue weighted by Gasteiger charge is 2.46. The number of rotatable bonds is 4. The number of ether oxygens (including phenoxy) is 1. The molecule has 0 aromatic carbocycles. The zero-order chi connectivity index (χ0) is 15.7. The molecule has 5 nitrogen and oxygen atoms in total. The third-order valence-electron chi connectivity index (χ3n) is 4.53. The minimum Gasteiger partial charge on any atom is -0.444 e. The zero-order valence-corrected chi connectivity index (χ0v) is 13.8. The first-order valence-corrected chi connectivity index (χ1v) is 7.93. The minimum atomic E-state index is -0.436. The zero-order valence-electron chi connectivity index (χ0n) is 13.8. The third kappa shape index (κ3) is 4.43. The maximum Gasteiger partial charge on any atom is 0.410 e. The quantitative estimate of drug-likeness (QED) is 0.799. The second-order valence-corrected chi connectivity index (χ2v) is 7.40. The normalized spacial score (nSPS) is 22.0. The van der Waals surface area contributed by atoms with Gasteiger partial charge in [-0.05, 0) is 53.5 Å². The van der Waals surface area contributed by atoms with Crippen LogP contribution in [0, 0.1) is 5.41 Å². The van der Waals surface area contributed by atoms with Crippen molar-refractivity contribution in [3.05, 3.63) is 0 Å². The van der Waals surface area contributed by atoms with Gasteiger partial charge in [-0.2, -0.15) is 0 Å². The molecule has 120 valence electrons. The van der Waals surface area contributed by atoms with Crippen LogP contribution in [-0.4, -0.2) is 60.0 Å². The molecular weight excluding hydrogens is 268 g/mol. The summed E-state index contributed by atoms with van der Waals surface area (Å²) in [7, 11) is 0. The standard InChI is InChI=1S/C16H28N2O3/c1-13(19)16(5-6-16)7-8-17-9-11-18(12-10-17)14(20)21-15(2,3)4/h5-12H2,1-4H3. The van der Waals surface area contributed by atoms with Gasteiger partial charge in [0.25, 0.3) is 0 Å². The average molecular weight is 296 g/mol. The maximum atomic E-state index is 12.0. The van der Waals surface area contributed by atoms with Gasteiger partial charge in [0, 0.05) is 31.6 Å². The Bertz CT molecular complexity index is 402. The number of piperazine rings is 1. The molecule has 21 heavy (non-hydrogen) atoms. The molecule has 1 saturated carbocycles. The second kappa shape index (κ2) is 5.95. The Balaban J connectivity index is 1.71. The molecule has 1 heterocycles. The summed E-state index contributed by atoms with van der Waals surface area (Å²) in [5, 5.41) is 0. The smallest absolute Gasteiger partial charge is 0.410 e. The van der Waals surface area contributed by atoms with Crippen LogP contribution < -0.4 is 0 Å². The van der Waals surface area contributed by atoms with E-state index in [0.717, 1.165) is 38.9 Å². The van der Waals surface area contributed by atoms with Gasteiger partial charge in [-0.1, -0.05) is 0 Å². The Morgan fingerprint density at radius 2 is 1.67 bits per heavy atom. The highest BCUT2D eigenvalue weighted by atomic mass is 16.6. The molecule has 0 N–H and O–H groups in total. The van der Waals surface area contributed by atoms with Crippen molar-refractivity contribution in [2.75, 3.05) is 32.7 Å². The number of carbonyl (C=O) groups is 2. The Morgan fingerprint density at radius 1 is 1.10 bits per heavy atom. The largest absolute Gasteiger partial charge is 0.444 e. The van der Waals surface area contributed by atoms with Crippen molar-refractivity contribution < 1.29 is 14.3 Å². The van der Waals surface area contributed by atoms with Gasteiger partial charge < -0.3 is 9.64 Å². The van der Waals surface area contributed by atoms with E-state index >= 15 is 0 Å². The Hall–Kier alpha value is -1.10. The fourth-order valence-electron chi connectivity index (χ4n) is 2.78. The number of hydrogen-bond acceptors (Lipinski definition) is 4. The molecule has 0 bridgehead atoms. The highest BCUT2D eigenvalue weighted by Crippen LogP contribution is 2.49. The van der Waals surface area contributed by atoms with Crippen molar-refractivity contribution in [1.29, 1.82) is 0 Å². The summed E-state index contributed by atoms with van der Waals surface area (Å²) in [6.07, 6.45) is 2.86. The summed E-state index contributed by atoms with van der Waals surface area (Å²) < 4.78 is 5.39. The van der Waals surface area contributed by atoms with Crippen molar-refractivity contribution in [2.45, 2.75) is 52.6 Å². The summed E-state index contributed by atoms with van der Waals surface area (Å²) >= 11 is 0. The van der Waals surface area contributed by atoms with Crippen LogP contribution in [0.2, 0.25) is 0 Å². The molecule has 2 rings (SSSR count). The highest BCUT2D eigenvalue weighted by molar-refractivity contribution is 5.84. The molecule has 0 aromatic rings. The number of ketones is 1. The van der Waals surface area contributed by atoms with E-state index in [1.807, 2.05) is 20.8 Å². The van der Waals surface area contributed by atoms with Crippen LogP contribution in [0.5, 0.6) is 0 Å². The van der Waals surface area contributed by atoms with E-state index < -0.39 is 5.60 Å². The van der Waals surface area contributed by atoms with Crippen LogP contribution in [0.4, 0.5) is 4.79 Å². The molecule has 1 amide bonds. The number of amides is 1. The van der Waals surface area contributed by atoms with E-state index in [2.05, 4.69) is 4.90 Å². The first kappa shape index (κ1) is 16.3. The van der Waals surface area contributed by atoms with Crippen molar-refractivity contribution in [3.63, 3.8) is 0 Å². The monoisotopic (exact) mass is 296 g/mol. The van der Waals surface area contributed by atoms with Gasteiger partial charge in [0.15, 0.2) is 0 Å². The molecule has 2 aliphatic rings. The molecule has 5 heteroatoms. The lowest BCUT2D eigenvalue weighted by Gasteiger charge is -2.36. The lowest BCUT2D eigenvalue weighted by atomic mass is 9.97. The third-order valence-corrected chi connectivity index (χ3v) is 4.53. The number of hydrogen-bond donors (Lipinski definition) is 0. The second-order valence-electron chi connectivity index (χ2n) is 7.40. The molecule has 2 fully saturated rings. The molecule has 0 spiro atoms. The molecule has 1 aliphatic heterocycles. The van der Waals surface area contributed by atoms with E-state index in [9.17, 15) is 9.59 Å². The lowest BCUT2D eigenvalue weighted by Crippen LogP contribution is -2.50. The molecule has 0 unspecified atom stereocenters. The maximum absolute atomic E-state index is 12.0. The van der Waals surface area contributed by atoms with Gasteiger partial charge in [-0.25, -0.2) is 4.79 Å². The fourth-order valence-corrected chi connectivity index (χ4v) is 2.78. The lowest BCUT2D eigenvalue weighted by molar-refractivity contribution is -0.122. The molecule has 0 radical (unpaired) electrons.